The smallest absolute Gasteiger partial charge is 0.462 e. The van der Waals surface area contributed by atoms with Gasteiger partial charge in [0.2, 0.25) is 0 Å². The molecule has 402 valence electrons. The maximum Gasteiger partial charge on any atom is 0.481 e. The minimum atomic E-state index is -5.42. The van der Waals surface area contributed by atoms with E-state index in [9.17, 15) is 43.5 Å². The zero-order valence-corrected chi connectivity index (χ0v) is 44.3. The fourth-order valence-corrected chi connectivity index (χ4v) is 10.3. The first kappa shape index (κ1) is 62.9. The first-order valence-corrected chi connectivity index (χ1v) is 29.3. The van der Waals surface area contributed by atoms with Crippen LogP contribution in [0.25, 0.3) is 0 Å². The molecule has 2 rings (SSSR count). The van der Waals surface area contributed by atoms with Gasteiger partial charge >= 0.3 is 33.3 Å². The van der Waals surface area contributed by atoms with Crippen molar-refractivity contribution in [2.24, 2.45) is 11.8 Å². The van der Waals surface area contributed by atoms with Gasteiger partial charge in [-0.3, -0.25) is 23.2 Å². The summed E-state index contributed by atoms with van der Waals surface area (Å²) in [6.45, 7) is 6.81. The van der Waals surface area contributed by atoms with E-state index in [2.05, 4.69) is 37.0 Å². The van der Waals surface area contributed by atoms with E-state index >= 15 is 0 Å². The molecule has 1 aromatic heterocycles. The summed E-state index contributed by atoms with van der Waals surface area (Å²) in [6.07, 6.45) is 24.8. The van der Waals surface area contributed by atoms with Crippen LogP contribution < -0.4 is 11.4 Å². The average Bonchev–Trinajstić information content (AvgIpc) is 3.56. The summed E-state index contributed by atoms with van der Waals surface area (Å²) in [7, 11) is -10.8. The Morgan fingerprint density at radius 2 is 1.07 bits per heavy atom. The minimum Gasteiger partial charge on any atom is -0.462 e. The van der Waals surface area contributed by atoms with Crippen molar-refractivity contribution < 1.29 is 66.3 Å². The number of hydrogen-bond acceptors (Lipinski definition) is 15. The second-order valence-electron chi connectivity index (χ2n) is 19.7. The van der Waals surface area contributed by atoms with Crippen LogP contribution in [0.4, 0.5) is 5.82 Å². The summed E-state index contributed by atoms with van der Waals surface area (Å²) in [5, 5.41) is 20.9. The molecule has 7 atom stereocenters. The number of rotatable bonds is 43. The molecule has 1 fully saturated rings. The number of aliphatic hydroxyl groups excluding tert-OH is 2. The van der Waals surface area contributed by atoms with E-state index in [1.165, 1.54) is 121 Å². The topological polar surface area (TPSA) is 265 Å². The van der Waals surface area contributed by atoms with Crippen LogP contribution in [0.15, 0.2) is 17.1 Å². The number of anilines is 1. The number of unbranched alkanes of at least 4 members (excludes halogenated alkanes) is 23. The average molecular weight is 1020 g/mol. The Morgan fingerprint density at radius 1 is 0.652 bits per heavy atom. The Bertz CT molecular complexity index is 1680. The Labute approximate surface area is 412 Å². The number of nitrogens with zero attached hydrogens (tertiary/aromatic N) is 2. The summed E-state index contributed by atoms with van der Waals surface area (Å²) in [4.78, 5) is 61.9. The van der Waals surface area contributed by atoms with E-state index < -0.39 is 83.7 Å². The molecule has 0 amide bonds. The molecule has 0 spiro atoms. The van der Waals surface area contributed by atoms with Gasteiger partial charge in [0.25, 0.3) is 0 Å². The number of nitrogens with two attached hydrogens (primary N) is 1. The van der Waals surface area contributed by atoms with E-state index in [4.69, 9.17) is 29.0 Å². The highest BCUT2D eigenvalue weighted by molar-refractivity contribution is 7.61. The van der Waals surface area contributed by atoms with Gasteiger partial charge in [-0.1, -0.05) is 188 Å². The minimum absolute atomic E-state index is 0.0561. The normalized spacial score (nSPS) is 19.4. The van der Waals surface area contributed by atoms with E-state index in [0.717, 1.165) is 67.8 Å². The quantitative estimate of drug-likeness (QED) is 0.0231. The monoisotopic (exact) mass is 1020 g/mol. The van der Waals surface area contributed by atoms with E-state index in [0.29, 0.717) is 12.8 Å². The second kappa shape index (κ2) is 36.6. The highest BCUT2D eigenvalue weighted by Crippen LogP contribution is 2.60. The second-order valence-corrected chi connectivity index (χ2v) is 22.7. The third-order valence-corrected chi connectivity index (χ3v) is 14.9. The fraction of sp³-hybridized carbons (Fsp3) is 0.878. The largest absolute Gasteiger partial charge is 0.481 e. The molecule has 0 aliphatic carbocycles. The van der Waals surface area contributed by atoms with E-state index in [-0.39, 0.29) is 18.7 Å². The number of aliphatic hydroxyl groups is 2. The molecule has 69 heavy (non-hydrogen) atoms. The van der Waals surface area contributed by atoms with Gasteiger partial charge in [-0.05, 0) is 30.7 Å². The predicted molar refractivity (Wildman–Crippen MR) is 266 cm³/mol. The van der Waals surface area contributed by atoms with Crippen LogP contribution in [0.3, 0.4) is 0 Å². The molecule has 20 heteroatoms. The van der Waals surface area contributed by atoms with Crippen molar-refractivity contribution in [2.75, 3.05) is 25.6 Å². The van der Waals surface area contributed by atoms with Crippen LogP contribution >= 0.6 is 15.6 Å². The summed E-state index contributed by atoms with van der Waals surface area (Å²) in [5.74, 6) is 0.283. The molecule has 3 unspecified atom stereocenters. The van der Waals surface area contributed by atoms with E-state index in [1.54, 1.807) is 0 Å². The summed E-state index contributed by atoms with van der Waals surface area (Å²) in [5.41, 5.74) is 4.59. The molecule has 1 aliphatic rings. The molecule has 18 nitrogen and oxygen atoms in total. The molecule has 0 saturated carbocycles. The molecule has 0 aromatic carbocycles. The number of hydrogen-bond donors (Lipinski definition) is 5. The van der Waals surface area contributed by atoms with Crippen molar-refractivity contribution in [1.82, 2.24) is 9.55 Å². The lowest BCUT2D eigenvalue weighted by Crippen LogP contribution is -2.36. The molecule has 6 N–H and O–H groups in total. The Hall–Kier alpha value is -2.24. The van der Waals surface area contributed by atoms with Crippen LogP contribution in [0, 0.1) is 11.8 Å². The van der Waals surface area contributed by atoms with Gasteiger partial charge in [-0.25, -0.2) is 13.9 Å². The number of carbonyl (C=O) groups excluding carboxylic acids is 2. The van der Waals surface area contributed by atoms with Gasteiger partial charge in [0, 0.05) is 19.0 Å². The summed E-state index contributed by atoms with van der Waals surface area (Å²) >= 11 is 0. The number of aromatic nitrogens is 2. The van der Waals surface area contributed by atoms with Crippen molar-refractivity contribution in [3.05, 3.63) is 22.7 Å². The third kappa shape index (κ3) is 31.1. The Kier molecular flexibility index (Phi) is 33.4. The van der Waals surface area contributed by atoms with Gasteiger partial charge in [0.05, 0.1) is 13.2 Å². The number of phosphoric ester groups is 2. The predicted octanol–water partition coefficient (Wildman–Crippen LogP) is 10.8. The number of ether oxygens (including phenoxy) is 3. The highest BCUT2D eigenvalue weighted by Gasteiger charge is 2.46. The Morgan fingerprint density at radius 3 is 1.52 bits per heavy atom. The van der Waals surface area contributed by atoms with Crippen molar-refractivity contribution >= 4 is 33.4 Å². The zero-order chi connectivity index (χ0) is 50.9. The van der Waals surface area contributed by atoms with Crippen molar-refractivity contribution in [2.45, 2.75) is 245 Å². The van der Waals surface area contributed by atoms with Gasteiger partial charge in [-0.15, -0.1) is 0 Å². The van der Waals surface area contributed by atoms with Crippen LogP contribution in [-0.2, 0) is 46.3 Å². The number of nitrogen functional groups attached to an aromatic ring is 1. The number of carbonyl (C=O) groups is 2. The molecular weight excluding hydrogens is 932 g/mol. The van der Waals surface area contributed by atoms with Crippen molar-refractivity contribution in [3.63, 3.8) is 0 Å². The van der Waals surface area contributed by atoms with Crippen LogP contribution in [0.1, 0.15) is 220 Å². The summed E-state index contributed by atoms with van der Waals surface area (Å²) < 4.78 is 56.9. The highest BCUT2D eigenvalue weighted by atomic mass is 31.3. The molecular formula is C49H91N3O15P2. The Balaban J connectivity index is 1.78. The fourth-order valence-electron chi connectivity index (χ4n) is 8.21. The van der Waals surface area contributed by atoms with Crippen LogP contribution in [0.5, 0.6) is 0 Å². The zero-order valence-electron chi connectivity index (χ0n) is 42.5. The van der Waals surface area contributed by atoms with E-state index in [1.807, 2.05) is 0 Å². The molecule has 0 bridgehead atoms. The lowest BCUT2D eigenvalue weighted by Gasteiger charge is -2.21. The maximum absolute atomic E-state index is 12.9. The molecule has 0 radical (unpaired) electrons. The van der Waals surface area contributed by atoms with Gasteiger partial charge in [0.15, 0.2) is 12.3 Å². The first-order chi connectivity index (χ1) is 32.9. The van der Waals surface area contributed by atoms with Gasteiger partial charge in [0.1, 0.15) is 30.7 Å². The van der Waals surface area contributed by atoms with Gasteiger partial charge in [-0.2, -0.15) is 9.29 Å². The van der Waals surface area contributed by atoms with Gasteiger partial charge < -0.3 is 39.9 Å². The van der Waals surface area contributed by atoms with Crippen molar-refractivity contribution in [1.29, 1.82) is 0 Å². The lowest BCUT2D eigenvalue weighted by atomic mass is 10.0. The molecule has 1 aliphatic heterocycles. The SMILES string of the molecule is CC(C)CCCCCCCCCCCCCCCCC(=O)OC[C@H](COP(=O)(O)OP(=O)(O)OC[C@H]1O[C@@H](n2ccc(N)nc2=O)C(O)[C@H]1O)OC(=O)CCCCCCCCCCCCCC(C)C. The molecule has 2 heterocycles. The first-order valence-electron chi connectivity index (χ1n) is 26.3. The maximum atomic E-state index is 12.9. The van der Waals surface area contributed by atoms with Crippen LogP contribution in [0.2, 0.25) is 0 Å². The molecule has 1 saturated heterocycles. The standard InChI is InChI=1S/C49H91N3O15P2/c1-39(2)30-26-22-18-14-10-7-5-6-8-12-16-20-24-28-32-44(53)62-36-41(65-45(54)33-29-25-21-17-13-9-11-15-19-23-27-31-40(3)4)37-63-68(58,59)67-69(60,61)64-38-42-46(55)47(56)48(66-42)52-35-34-43(50)51-49(52)57/h34-35,39-42,46-48,55-56H,5-33,36-38H2,1-4H3,(H,58,59)(H,60,61)(H2,50,51,57)/t41-,42-,46+,47?,48-/m1/s1. The number of phosphoric acid groups is 2. The summed E-state index contributed by atoms with van der Waals surface area (Å²) in [6, 6.07) is 1.25. The third-order valence-electron chi connectivity index (χ3n) is 12.3. The van der Waals surface area contributed by atoms with Crippen LogP contribution in [-0.4, -0.2) is 85.7 Å². The van der Waals surface area contributed by atoms with Crippen molar-refractivity contribution in [3.8, 4) is 0 Å². The molecule has 1 aromatic rings. The number of esters is 2. The lowest BCUT2D eigenvalue weighted by molar-refractivity contribution is -0.161.